The second-order valence-corrected chi connectivity index (χ2v) is 8.46. The standard InChI is InChI=1S/C21H22N4O4S/c1-2-3-11-30-21-23-19-18(20(27)24-21)16(12-7-4-5-9-14(12)25(28)29)17-13(22-19)8-6-10-15(17)26/h4-5,7,9,16H,2-3,6,8,10-11H2,1H3,(H2,22,23,24,27). The zero-order valence-corrected chi connectivity index (χ0v) is 17.4. The van der Waals surface area contributed by atoms with Crippen LogP contribution in [0.25, 0.3) is 0 Å². The third-order valence-electron chi connectivity index (χ3n) is 5.42. The highest BCUT2D eigenvalue weighted by atomic mass is 32.2. The lowest BCUT2D eigenvalue weighted by Gasteiger charge is -2.32. The smallest absolute Gasteiger partial charge is 0.273 e. The molecule has 2 N–H and O–H groups in total. The van der Waals surface area contributed by atoms with E-state index >= 15 is 0 Å². The van der Waals surface area contributed by atoms with Gasteiger partial charge in [-0.1, -0.05) is 43.3 Å². The first-order valence-corrected chi connectivity index (χ1v) is 11.0. The molecule has 1 aliphatic carbocycles. The molecule has 0 bridgehead atoms. The van der Waals surface area contributed by atoms with Crippen molar-refractivity contribution in [1.82, 2.24) is 9.97 Å². The summed E-state index contributed by atoms with van der Waals surface area (Å²) in [5, 5.41) is 15.4. The molecule has 2 aromatic rings. The molecule has 156 valence electrons. The van der Waals surface area contributed by atoms with Crippen molar-refractivity contribution >= 4 is 29.1 Å². The van der Waals surface area contributed by atoms with E-state index in [4.69, 9.17) is 0 Å². The van der Waals surface area contributed by atoms with E-state index in [9.17, 15) is 19.7 Å². The predicted molar refractivity (Wildman–Crippen MR) is 115 cm³/mol. The molecular weight excluding hydrogens is 404 g/mol. The molecule has 0 spiro atoms. The van der Waals surface area contributed by atoms with Gasteiger partial charge in [0, 0.05) is 35.1 Å². The van der Waals surface area contributed by atoms with Gasteiger partial charge < -0.3 is 10.3 Å². The number of para-hydroxylation sites is 1. The average molecular weight is 426 g/mol. The Morgan fingerprint density at radius 2 is 2.07 bits per heavy atom. The topological polar surface area (TPSA) is 118 Å². The zero-order valence-electron chi connectivity index (χ0n) is 16.6. The van der Waals surface area contributed by atoms with E-state index in [0.717, 1.165) is 18.6 Å². The molecular formula is C21H22N4O4S. The number of nitrogens with zero attached hydrogens (tertiary/aromatic N) is 2. The fourth-order valence-corrected chi connectivity index (χ4v) is 4.98. The summed E-state index contributed by atoms with van der Waals surface area (Å²) >= 11 is 1.47. The van der Waals surface area contributed by atoms with Gasteiger partial charge in [0.25, 0.3) is 11.2 Å². The number of nitro groups is 1. The number of thioether (sulfide) groups is 1. The lowest BCUT2D eigenvalue weighted by molar-refractivity contribution is -0.385. The summed E-state index contributed by atoms with van der Waals surface area (Å²) in [5.74, 6) is 0.322. The first-order valence-electron chi connectivity index (χ1n) is 10.0. The van der Waals surface area contributed by atoms with Crippen LogP contribution >= 0.6 is 11.8 Å². The van der Waals surface area contributed by atoms with Crippen molar-refractivity contribution in [2.45, 2.75) is 50.1 Å². The number of nitrogens with one attached hydrogen (secondary N) is 2. The number of rotatable bonds is 6. The van der Waals surface area contributed by atoms with Gasteiger partial charge in [-0.25, -0.2) is 4.98 Å². The fraction of sp³-hybridized carbons (Fsp3) is 0.381. The van der Waals surface area contributed by atoms with Crippen LogP contribution in [-0.4, -0.2) is 26.4 Å². The number of aromatic amines is 1. The predicted octanol–water partition coefficient (Wildman–Crippen LogP) is 4.13. The summed E-state index contributed by atoms with van der Waals surface area (Å²) in [7, 11) is 0. The van der Waals surface area contributed by atoms with Crippen LogP contribution < -0.4 is 10.9 Å². The van der Waals surface area contributed by atoms with Crippen molar-refractivity contribution in [2.75, 3.05) is 11.1 Å². The van der Waals surface area contributed by atoms with E-state index in [1.165, 1.54) is 17.8 Å². The van der Waals surface area contributed by atoms with Gasteiger partial charge in [-0.05, 0) is 19.3 Å². The number of benzene rings is 1. The van der Waals surface area contributed by atoms with Gasteiger partial charge in [0.2, 0.25) is 0 Å². The van der Waals surface area contributed by atoms with E-state index in [0.29, 0.717) is 47.1 Å². The number of anilines is 1. The second kappa shape index (κ2) is 8.43. The molecule has 0 amide bonds. The van der Waals surface area contributed by atoms with Gasteiger partial charge in [0.1, 0.15) is 5.82 Å². The SMILES string of the molecule is CCCCSc1nc2c(c(=O)[nH]1)C(c1ccccc1[N+](=O)[O-])C1=C(CCCC1=O)N2. The maximum Gasteiger partial charge on any atom is 0.273 e. The Balaban J connectivity index is 1.90. The lowest BCUT2D eigenvalue weighted by Crippen LogP contribution is -2.33. The summed E-state index contributed by atoms with van der Waals surface area (Å²) in [6, 6.07) is 6.29. The normalized spacial score (nSPS) is 17.9. The minimum atomic E-state index is -0.809. The quantitative estimate of drug-likeness (QED) is 0.234. The molecule has 1 aliphatic heterocycles. The maximum absolute atomic E-state index is 13.1. The Bertz CT molecular complexity index is 1110. The van der Waals surface area contributed by atoms with Crippen molar-refractivity contribution in [2.24, 2.45) is 0 Å². The number of carbonyl (C=O) groups is 1. The number of nitro benzene ring substituents is 1. The molecule has 2 aliphatic rings. The van der Waals surface area contributed by atoms with Gasteiger partial charge in [-0.15, -0.1) is 0 Å². The third-order valence-corrected chi connectivity index (χ3v) is 6.38. The molecule has 0 fully saturated rings. The van der Waals surface area contributed by atoms with Gasteiger partial charge in [0.15, 0.2) is 10.9 Å². The summed E-state index contributed by atoms with van der Waals surface area (Å²) in [5.41, 5.74) is 1.28. The number of carbonyl (C=O) groups excluding carboxylic acids is 1. The minimum absolute atomic E-state index is 0.0849. The Labute approximate surface area is 177 Å². The number of allylic oxidation sites excluding steroid dienone is 2. The number of hydrogen-bond donors (Lipinski definition) is 2. The molecule has 9 heteroatoms. The molecule has 1 atom stereocenters. The van der Waals surface area contributed by atoms with Crippen LogP contribution in [0.3, 0.4) is 0 Å². The van der Waals surface area contributed by atoms with Gasteiger partial charge in [-0.2, -0.15) is 0 Å². The first kappa shape index (κ1) is 20.3. The van der Waals surface area contributed by atoms with E-state index in [2.05, 4.69) is 22.2 Å². The van der Waals surface area contributed by atoms with Crippen LogP contribution in [0.4, 0.5) is 11.5 Å². The van der Waals surface area contributed by atoms with Crippen LogP contribution in [0.5, 0.6) is 0 Å². The minimum Gasteiger partial charge on any atom is -0.343 e. The highest BCUT2D eigenvalue weighted by Gasteiger charge is 2.40. The van der Waals surface area contributed by atoms with Crippen LogP contribution in [-0.2, 0) is 4.79 Å². The number of ketones is 1. The number of fused-ring (bicyclic) bond motifs is 1. The summed E-state index contributed by atoms with van der Waals surface area (Å²) in [4.78, 5) is 44.6. The molecule has 0 radical (unpaired) electrons. The van der Waals surface area contributed by atoms with E-state index in [-0.39, 0.29) is 22.6 Å². The van der Waals surface area contributed by atoms with Gasteiger partial charge in [0.05, 0.1) is 16.4 Å². The number of aromatic nitrogens is 2. The number of unbranched alkanes of at least 4 members (excludes halogenated alkanes) is 1. The van der Waals surface area contributed by atoms with Crippen LogP contribution in [0.1, 0.15) is 56.1 Å². The molecule has 0 saturated heterocycles. The average Bonchev–Trinajstić information content (AvgIpc) is 2.72. The molecule has 0 saturated carbocycles. The summed E-state index contributed by atoms with van der Waals surface area (Å²) in [6.07, 6.45) is 3.75. The van der Waals surface area contributed by atoms with Crippen molar-refractivity contribution in [3.05, 3.63) is 67.1 Å². The van der Waals surface area contributed by atoms with E-state index in [1.807, 2.05) is 0 Å². The van der Waals surface area contributed by atoms with Gasteiger partial charge >= 0.3 is 0 Å². The monoisotopic (exact) mass is 426 g/mol. The van der Waals surface area contributed by atoms with Crippen molar-refractivity contribution < 1.29 is 9.72 Å². The highest BCUT2D eigenvalue weighted by molar-refractivity contribution is 7.99. The summed E-state index contributed by atoms with van der Waals surface area (Å²) in [6.45, 7) is 2.09. The van der Waals surface area contributed by atoms with E-state index < -0.39 is 10.8 Å². The lowest BCUT2D eigenvalue weighted by atomic mass is 9.76. The van der Waals surface area contributed by atoms with Crippen LogP contribution in [0, 0.1) is 10.1 Å². The van der Waals surface area contributed by atoms with Crippen molar-refractivity contribution in [1.29, 1.82) is 0 Å². The Hall–Kier alpha value is -2.94. The number of hydrogen-bond acceptors (Lipinski definition) is 7. The van der Waals surface area contributed by atoms with Gasteiger partial charge in [-0.3, -0.25) is 19.7 Å². The largest absolute Gasteiger partial charge is 0.343 e. The number of Topliss-reactive ketones (excluding diaryl/α,β-unsaturated/α-hetero) is 1. The molecule has 30 heavy (non-hydrogen) atoms. The van der Waals surface area contributed by atoms with E-state index in [1.54, 1.807) is 18.2 Å². The fourth-order valence-electron chi connectivity index (χ4n) is 4.03. The molecule has 4 rings (SSSR count). The number of H-pyrrole nitrogens is 1. The Morgan fingerprint density at radius 1 is 1.27 bits per heavy atom. The van der Waals surface area contributed by atoms with Crippen LogP contribution in [0.15, 0.2) is 45.5 Å². The Morgan fingerprint density at radius 3 is 2.83 bits per heavy atom. The molecule has 2 heterocycles. The molecule has 1 unspecified atom stereocenters. The molecule has 1 aromatic heterocycles. The summed E-state index contributed by atoms with van der Waals surface area (Å²) < 4.78 is 0. The molecule has 1 aromatic carbocycles. The second-order valence-electron chi connectivity index (χ2n) is 7.38. The Kier molecular flexibility index (Phi) is 5.72. The zero-order chi connectivity index (χ0) is 21.3. The van der Waals surface area contributed by atoms with Crippen molar-refractivity contribution in [3.63, 3.8) is 0 Å². The highest BCUT2D eigenvalue weighted by Crippen LogP contribution is 2.45. The molecule has 8 nitrogen and oxygen atoms in total. The third kappa shape index (κ3) is 3.65. The first-order chi connectivity index (χ1) is 14.5. The van der Waals surface area contributed by atoms with Crippen molar-refractivity contribution in [3.8, 4) is 0 Å². The van der Waals surface area contributed by atoms with Crippen LogP contribution in [0.2, 0.25) is 0 Å². The maximum atomic E-state index is 13.1.